The summed E-state index contributed by atoms with van der Waals surface area (Å²) in [5.41, 5.74) is 0.581. The molecule has 0 amide bonds. The van der Waals surface area contributed by atoms with Crippen LogP contribution in [0, 0.1) is 5.82 Å². The van der Waals surface area contributed by atoms with E-state index >= 15 is 0 Å². The van der Waals surface area contributed by atoms with Gasteiger partial charge in [-0.2, -0.15) is 5.10 Å². The second-order valence-electron chi connectivity index (χ2n) is 3.09. The molecule has 2 rings (SSSR count). The normalized spacial score (nSPS) is 10.6. The Morgan fingerprint density at radius 2 is 2.27 bits per heavy atom. The molecule has 0 saturated heterocycles. The van der Waals surface area contributed by atoms with Crippen LogP contribution in [0.2, 0.25) is 5.02 Å². The molecule has 5 heteroatoms. The third-order valence-corrected chi connectivity index (χ3v) is 2.64. The van der Waals surface area contributed by atoms with Crippen molar-refractivity contribution in [3.63, 3.8) is 0 Å². The summed E-state index contributed by atoms with van der Waals surface area (Å²) in [6.07, 6.45) is 3.18. The van der Waals surface area contributed by atoms with E-state index in [1.807, 2.05) is 0 Å². The van der Waals surface area contributed by atoms with Gasteiger partial charge in [0, 0.05) is 16.2 Å². The van der Waals surface area contributed by atoms with Gasteiger partial charge in [0.2, 0.25) is 0 Å². The summed E-state index contributed by atoms with van der Waals surface area (Å²) in [4.78, 5) is 0. The number of nitrogens with zero attached hydrogens (tertiary/aromatic N) is 2. The molecule has 0 spiro atoms. The topological polar surface area (TPSA) is 17.8 Å². The molecule has 1 aromatic carbocycles. The van der Waals surface area contributed by atoms with Crippen LogP contribution in [0.3, 0.4) is 0 Å². The summed E-state index contributed by atoms with van der Waals surface area (Å²) in [5.74, 6) is -0.254. The first-order valence-electron chi connectivity index (χ1n) is 4.27. The zero-order valence-electron chi connectivity index (χ0n) is 7.62. The maximum Gasteiger partial charge on any atom is 0.129 e. The van der Waals surface area contributed by atoms with E-state index in [9.17, 15) is 4.39 Å². The fourth-order valence-electron chi connectivity index (χ4n) is 1.25. The van der Waals surface area contributed by atoms with Crippen LogP contribution in [-0.4, -0.2) is 9.78 Å². The standard InChI is InChI=1S/C10H7BrClFN2/c11-8-2-1-7(10(13)3-8)5-15-6-9(12)4-14-15/h1-4,6H,5H2. The van der Waals surface area contributed by atoms with Gasteiger partial charge in [-0.15, -0.1) is 0 Å². The van der Waals surface area contributed by atoms with Crippen LogP contribution in [0.5, 0.6) is 0 Å². The van der Waals surface area contributed by atoms with Crippen LogP contribution >= 0.6 is 27.5 Å². The highest BCUT2D eigenvalue weighted by atomic mass is 79.9. The monoisotopic (exact) mass is 288 g/mol. The molecule has 78 valence electrons. The summed E-state index contributed by atoms with van der Waals surface area (Å²) in [6, 6.07) is 4.94. The van der Waals surface area contributed by atoms with Gasteiger partial charge in [0.1, 0.15) is 5.82 Å². The van der Waals surface area contributed by atoms with Crippen molar-refractivity contribution in [3.05, 3.63) is 51.5 Å². The van der Waals surface area contributed by atoms with E-state index in [1.54, 1.807) is 23.0 Å². The van der Waals surface area contributed by atoms with Gasteiger partial charge in [-0.05, 0) is 12.1 Å². The Kier molecular flexibility index (Phi) is 3.07. The number of aromatic nitrogens is 2. The molecule has 15 heavy (non-hydrogen) atoms. The van der Waals surface area contributed by atoms with Crippen molar-refractivity contribution in [3.8, 4) is 0 Å². The molecule has 0 aliphatic rings. The Bertz CT molecular complexity index is 484. The fourth-order valence-corrected chi connectivity index (χ4v) is 1.74. The second-order valence-corrected chi connectivity index (χ2v) is 4.44. The maximum atomic E-state index is 13.4. The van der Waals surface area contributed by atoms with Crippen molar-refractivity contribution in [2.75, 3.05) is 0 Å². The zero-order chi connectivity index (χ0) is 10.8. The first-order valence-corrected chi connectivity index (χ1v) is 5.44. The van der Waals surface area contributed by atoms with Crippen molar-refractivity contribution in [2.24, 2.45) is 0 Å². The largest absolute Gasteiger partial charge is 0.267 e. The van der Waals surface area contributed by atoms with Crippen LogP contribution < -0.4 is 0 Å². The summed E-state index contributed by atoms with van der Waals surface area (Å²) >= 11 is 8.91. The van der Waals surface area contributed by atoms with Crippen molar-refractivity contribution >= 4 is 27.5 Å². The SMILES string of the molecule is Fc1cc(Br)ccc1Cn1cc(Cl)cn1. The Hall–Kier alpha value is -0.870. The molecule has 0 aliphatic carbocycles. The van der Waals surface area contributed by atoms with Gasteiger partial charge in [-0.25, -0.2) is 4.39 Å². The van der Waals surface area contributed by atoms with Crippen LogP contribution in [0.25, 0.3) is 0 Å². The molecule has 0 radical (unpaired) electrons. The summed E-state index contributed by atoms with van der Waals surface area (Å²) < 4.78 is 15.8. The van der Waals surface area contributed by atoms with Gasteiger partial charge in [0.15, 0.2) is 0 Å². The molecule has 0 N–H and O–H groups in total. The Morgan fingerprint density at radius 3 is 2.87 bits per heavy atom. The molecule has 2 nitrogen and oxygen atoms in total. The fraction of sp³-hybridized carbons (Fsp3) is 0.100. The van der Waals surface area contributed by atoms with Gasteiger partial charge in [-0.3, -0.25) is 4.68 Å². The molecular formula is C10H7BrClFN2. The smallest absolute Gasteiger partial charge is 0.129 e. The molecule has 0 unspecified atom stereocenters. The lowest BCUT2D eigenvalue weighted by Gasteiger charge is -2.03. The van der Waals surface area contributed by atoms with Crippen LogP contribution in [0.4, 0.5) is 4.39 Å². The van der Waals surface area contributed by atoms with Gasteiger partial charge in [-0.1, -0.05) is 33.6 Å². The molecule has 1 aromatic heterocycles. The van der Waals surface area contributed by atoms with Gasteiger partial charge < -0.3 is 0 Å². The lowest BCUT2D eigenvalue weighted by atomic mass is 10.2. The number of hydrogen-bond donors (Lipinski definition) is 0. The number of halogens is 3. The van der Waals surface area contributed by atoms with Gasteiger partial charge in [0.05, 0.1) is 17.8 Å². The molecule has 0 fully saturated rings. The lowest BCUT2D eigenvalue weighted by molar-refractivity contribution is 0.584. The maximum absolute atomic E-state index is 13.4. The highest BCUT2D eigenvalue weighted by Crippen LogP contribution is 2.16. The Balaban J connectivity index is 2.24. The lowest BCUT2D eigenvalue weighted by Crippen LogP contribution is -2.01. The Morgan fingerprint density at radius 1 is 1.47 bits per heavy atom. The van der Waals surface area contributed by atoms with Crippen molar-refractivity contribution in [1.29, 1.82) is 0 Å². The summed E-state index contributed by atoms with van der Waals surface area (Å²) in [6.45, 7) is 0.381. The highest BCUT2D eigenvalue weighted by Gasteiger charge is 2.04. The summed E-state index contributed by atoms with van der Waals surface area (Å²) in [5, 5.41) is 4.53. The first kappa shape index (κ1) is 10.6. The zero-order valence-corrected chi connectivity index (χ0v) is 9.96. The minimum absolute atomic E-state index is 0.254. The molecule has 0 aliphatic heterocycles. The van der Waals surface area contributed by atoms with E-state index in [0.717, 1.165) is 4.47 Å². The molecule has 0 atom stereocenters. The van der Waals surface area contributed by atoms with E-state index in [-0.39, 0.29) is 5.82 Å². The molecule has 2 aromatic rings. The molecular weight excluding hydrogens is 282 g/mol. The van der Waals surface area contributed by atoms with Crippen LogP contribution in [-0.2, 0) is 6.54 Å². The molecule has 0 saturated carbocycles. The number of hydrogen-bond acceptors (Lipinski definition) is 1. The van der Waals surface area contributed by atoms with E-state index in [2.05, 4.69) is 21.0 Å². The van der Waals surface area contributed by atoms with E-state index in [4.69, 9.17) is 11.6 Å². The number of rotatable bonds is 2. The predicted molar refractivity (Wildman–Crippen MR) is 60.4 cm³/mol. The van der Waals surface area contributed by atoms with Crippen molar-refractivity contribution < 1.29 is 4.39 Å². The van der Waals surface area contributed by atoms with Crippen LogP contribution in [0.1, 0.15) is 5.56 Å². The predicted octanol–water partition coefficient (Wildman–Crippen LogP) is 3.49. The van der Waals surface area contributed by atoms with Crippen molar-refractivity contribution in [1.82, 2.24) is 9.78 Å². The average molecular weight is 290 g/mol. The number of benzene rings is 1. The third-order valence-electron chi connectivity index (χ3n) is 1.95. The summed E-state index contributed by atoms with van der Waals surface area (Å²) in [7, 11) is 0. The first-order chi connectivity index (χ1) is 7.15. The van der Waals surface area contributed by atoms with Gasteiger partial charge in [0.25, 0.3) is 0 Å². The van der Waals surface area contributed by atoms with E-state index < -0.39 is 0 Å². The minimum Gasteiger partial charge on any atom is -0.267 e. The minimum atomic E-state index is -0.254. The molecule has 0 bridgehead atoms. The van der Waals surface area contributed by atoms with Crippen molar-refractivity contribution in [2.45, 2.75) is 6.54 Å². The van der Waals surface area contributed by atoms with E-state index in [1.165, 1.54) is 12.3 Å². The third kappa shape index (κ3) is 2.58. The quantitative estimate of drug-likeness (QED) is 0.827. The Labute approximate surface area is 99.8 Å². The highest BCUT2D eigenvalue weighted by molar-refractivity contribution is 9.10. The van der Waals surface area contributed by atoms with Crippen LogP contribution in [0.15, 0.2) is 35.1 Å². The van der Waals surface area contributed by atoms with Gasteiger partial charge >= 0.3 is 0 Å². The molecule has 1 heterocycles. The average Bonchev–Trinajstić information content (AvgIpc) is 2.56. The van der Waals surface area contributed by atoms with E-state index in [0.29, 0.717) is 17.1 Å². The second kappa shape index (κ2) is 4.33.